The Balaban J connectivity index is 1.92. The molecule has 2 rings (SSSR count). The Morgan fingerprint density at radius 2 is 1.86 bits per heavy atom. The number of hydrogen-bond donors (Lipinski definition) is 1. The molecule has 2 aliphatic rings. The molecule has 1 saturated heterocycles. The Kier molecular flexibility index (Phi) is 2.54. The number of carbonyl (C=O) groups is 2. The fraction of sp³-hybridized carbons (Fsp3) is 0.800. The summed E-state index contributed by atoms with van der Waals surface area (Å²) >= 11 is 0. The van der Waals surface area contributed by atoms with Crippen LogP contribution in [0.25, 0.3) is 0 Å². The average molecular weight is 196 g/mol. The van der Waals surface area contributed by atoms with E-state index in [-0.39, 0.29) is 17.9 Å². The third-order valence-corrected chi connectivity index (χ3v) is 3.00. The zero-order chi connectivity index (χ0) is 10.1. The minimum absolute atomic E-state index is 0.000926. The standard InChI is InChI=1S/C10H16N2O2/c11-8(7-4-5-7)6-12-9(13)2-1-3-10(12)14/h7-8H,1-6,11H2. The minimum atomic E-state index is -0.0441. The Hall–Kier alpha value is -0.900. The van der Waals surface area contributed by atoms with Crippen molar-refractivity contribution in [1.82, 2.24) is 4.90 Å². The zero-order valence-electron chi connectivity index (χ0n) is 8.24. The summed E-state index contributed by atoms with van der Waals surface area (Å²) in [4.78, 5) is 24.2. The average Bonchev–Trinajstić information content (AvgIpc) is 2.94. The number of nitrogens with zero attached hydrogens (tertiary/aromatic N) is 1. The van der Waals surface area contributed by atoms with E-state index in [2.05, 4.69) is 0 Å². The Labute approximate surface area is 83.4 Å². The zero-order valence-corrected chi connectivity index (χ0v) is 8.24. The highest BCUT2D eigenvalue weighted by Crippen LogP contribution is 2.32. The van der Waals surface area contributed by atoms with Crippen LogP contribution >= 0.6 is 0 Å². The summed E-state index contributed by atoms with van der Waals surface area (Å²) in [5, 5.41) is 0. The summed E-state index contributed by atoms with van der Waals surface area (Å²) in [5.41, 5.74) is 5.89. The molecule has 4 nitrogen and oxygen atoms in total. The number of hydrogen-bond acceptors (Lipinski definition) is 3. The SMILES string of the molecule is NC(CN1C(=O)CCCC1=O)C1CC1. The quantitative estimate of drug-likeness (QED) is 0.659. The van der Waals surface area contributed by atoms with E-state index in [1.807, 2.05) is 0 Å². The summed E-state index contributed by atoms with van der Waals surface area (Å²) in [5.74, 6) is 0.451. The number of rotatable bonds is 3. The molecule has 2 amide bonds. The maximum atomic E-state index is 11.4. The van der Waals surface area contributed by atoms with Gasteiger partial charge in [-0.2, -0.15) is 0 Å². The van der Waals surface area contributed by atoms with Crippen molar-refractivity contribution in [2.24, 2.45) is 11.7 Å². The predicted octanol–water partition coefficient (Wildman–Crippen LogP) is 0.263. The van der Waals surface area contributed by atoms with Gasteiger partial charge in [0.1, 0.15) is 0 Å². The highest BCUT2D eigenvalue weighted by molar-refractivity contribution is 5.97. The van der Waals surface area contributed by atoms with Gasteiger partial charge in [-0.1, -0.05) is 0 Å². The topological polar surface area (TPSA) is 63.4 Å². The predicted molar refractivity (Wildman–Crippen MR) is 51.3 cm³/mol. The fourth-order valence-electron chi connectivity index (χ4n) is 1.89. The van der Waals surface area contributed by atoms with Gasteiger partial charge in [-0.05, 0) is 25.2 Å². The lowest BCUT2D eigenvalue weighted by atomic mass is 10.1. The van der Waals surface area contributed by atoms with Crippen LogP contribution in [0.4, 0.5) is 0 Å². The molecular formula is C10H16N2O2. The molecule has 1 aliphatic carbocycles. The molecule has 0 radical (unpaired) electrons. The third kappa shape index (κ3) is 1.95. The van der Waals surface area contributed by atoms with E-state index < -0.39 is 0 Å². The van der Waals surface area contributed by atoms with E-state index in [4.69, 9.17) is 5.73 Å². The molecule has 0 spiro atoms. The molecule has 2 fully saturated rings. The molecule has 1 unspecified atom stereocenters. The van der Waals surface area contributed by atoms with Crippen LogP contribution in [0, 0.1) is 5.92 Å². The lowest BCUT2D eigenvalue weighted by Crippen LogP contribution is -2.47. The third-order valence-electron chi connectivity index (χ3n) is 3.00. The van der Waals surface area contributed by atoms with Gasteiger partial charge in [0.25, 0.3) is 0 Å². The van der Waals surface area contributed by atoms with Crippen LogP contribution in [0.5, 0.6) is 0 Å². The Morgan fingerprint density at radius 1 is 1.29 bits per heavy atom. The second-order valence-electron chi connectivity index (χ2n) is 4.25. The van der Waals surface area contributed by atoms with Crippen molar-refractivity contribution in [1.29, 1.82) is 0 Å². The molecule has 4 heteroatoms. The number of likely N-dealkylation sites (tertiary alicyclic amines) is 1. The van der Waals surface area contributed by atoms with Crippen LogP contribution in [0.1, 0.15) is 32.1 Å². The maximum absolute atomic E-state index is 11.4. The second-order valence-corrected chi connectivity index (χ2v) is 4.25. The summed E-state index contributed by atoms with van der Waals surface area (Å²) in [6, 6.07) is 0.000926. The molecule has 14 heavy (non-hydrogen) atoms. The van der Waals surface area contributed by atoms with Crippen LogP contribution in [0.2, 0.25) is 0 Å². The van der Waals surface area contributed by atoms with Gasteiger partial charge >= 0.3 is 0 Å². The molecule has 1 heterocycles. The minimum Gasteiger partial charge on any atom is -0.326 e. The van der Waals surface area contributed by atoms with Gasteiger partial charge in [-0.25, -0.2) is 0 Å². The van der Waals surface area contributed by atoms with Gasteiger partial charge in [0.2, 0.25) is 11.8 Å². The molecule has 0 bridgehead atoms. The molecule has 0 aromatic rings. The molecule has 1 saturated carbocycles. The van der Waals surface area contributed by atoms with Gasteiger partial charge in [0.05, 0.1) is 0 Å². The van der Waals surface area contributed by atoms with E-state index in [1.54, 1.807) is 0 Å². The first-order valence-corrected chi connectivity index (χ1v) is 5.27. The van der Waals surface area contributed by atoms with Crippen molar-refractivity contribution in [3.63, 3.8) is 0 Å². The number of amides is 2. The summed E-state index contributed by atoms with van der Waals surface area (Å²) in [6.45, 7) is 0.433. The molecule has 78 valence electrons. The monoisotopic (exact) mass is 196 g/mol. The van der Waals surface area contributed by atoms with Crippen molar-refractivity contribution in [3.8, 4) is 0 Å². The smallest absolute Gasteiger partial charge is 0.229 e. The van der Waals surface area contributed by atoms with Gasteiger partial charge in [-0.3, -0.25) is 14.5 Å². The lowest BCUT2D eigenvalue weighted by Gasteiger charge is -2.27. The van der Waals surface area contributed by atoms with Crippen LogP contribution in [-0.4, -0.2) is 29.3 Å². The van der Waals surface area contributed by atoms with Crippen LogP contribution in [0.15, 0.2) is 0 Å². The summed E-state index contributed by atoms with van der Waals surface area (Å²) in [7, 11) is 0. The van der Waals surface area contributed by atoms with Crippen molar-refractivity contribution in [3.05, 3.63) is 0 Å². The molecule has 1 aliphatic heterocycles. The second kappa shape index (κ2) is 3.69. The largest absolute Gasteiger partial charge is 0.326 e. The highest BCUT2D eigenvalue weighted by Gasteiger charge is 2.33. The lowest BCUT2D eigenvalue weighted by molar-refractivity contribution is -0.148. The van der Waals surface area contributed by atoms with Gasteiger partial charge in [0.15, 0.2) is 0 Å². The normalized spacial score (nSPS) is 25.4. The Morgan fingerprint density at radius 3 is 2.36 bits per heavy atom. The molecular weight excluding hydrogens is 180 g/mol. The van der Waals surface area contributed by atoms with Gasteiger partial charge < -0.3 is 5.73 Å². The summed E-state index contributed by atoms with van der Waals surface area (Å²) < 4.78 is 0. The molecule has 0 aromatic carbocycles. The highest BCUT2D eigenvalue weighted by atomic mass is 16.2. The first-order chi connectivity index (χ1) is 6.68. The van der Waals surface area contributed by atoms with E-state index in [1.165, 1.54) is 4.90 Å². The molecule has 1 atom stereocenters. The molecule has 0 aromatic heterocycles. The summed E-state index contributed by atoms with van der Waals surface area (Å²) in [6.07, 6.45) is 4.01. The van der Waals surface area contributed by atoms with Crippen LogP contribution < -0.4 is 5.73 Å². The van der Waals surface area contributed by atoms with Gasteiger partial charge in [0, 0.05) is 25.4 Å². The van der Waals surface area contributed by atoms with Crippen molar-refractivity contribution < 1.29 is 9.59 Å². The van der Waals surface area contributed by atoms with Crippen molar-refractivity contribution in [2.75, 3.05) is 6.54 Å². The van der Waals surface area contributed by atoms with Crippen molar-refractivity contribution in [2.45, 2.75) is 38.1 Å². The number of piperidine rings is 1. The first kappa shape index (κ1) is 9.65. The van der Waals surface area contributed by atoms with E-state index in [9.17, 15) is 9.59 Å². The number of nitrogens with two attached hydrogens (primary N) is 1. The number of imide groups is 1. The van der Waals surface area contributed by atoms with Crippen LogP contribution in [0.3, 0.4) is 0 Å². The van der Waals surface area contributed by atoms with E-state index in [0.717, 1.165) is 12.8 Å². The van der Waals surface area contributed by atoms with Gasteiger partial charge in [-0.15, -0.1) is 0 Å². The maximum Gasteiger partial charge on any atom is 0.229 e. The Bertz CT molecular complexity index is 245. The van der Waals surface area contributed by atoms with E-state index in [0.29, 0.717) is 31.7 Å². The van der Waals surface area contributed by atoms with E-state index >= 15 is 0 Å². The fourth-order valence-corrected chi connectivity index (χ4v) is 1.89. The van der Waals surface area contributed by atoms with Crippen molar-refractivity contribution >= 4 is 11.8 Å². The van der Waals surface area contributed by atoms with Crippen LogP contribution in [-0.2, 0) is 9.59 Å². The first-order valence-electron chi connectivity index (χ1n) is 5.27. The number of carbonyl (C=O) groups excluding carboxylic acids is 2. The molecule has 2 N–H and O–H groups in total.